The smallest absolute Gasteiger partial charge is 0.326 e. The summed E-state index contributed by atoms with van der Waals surface area (Å²) in [6.07, 6.45) is 0. The van der Waals surface area contributed by atoms with Crippen LogP contribution in [0.4, 0.5) is 5.69 Å². The molecule has 1 aromatic rings. The van der Waals surface area contributed by atoms with Crippen molar-refractivity contribution in [3.05, 3.63) is 18.2 Å². The minimum Gasteiger partial charge on any atom is -0.459 e. The van der Waals surface area contributed by atoms with Crippen LogP contribution in [-0.4, -0.2) is 37.4 Å². The van der Waals surface area contributed by atoms with E-state index >= 15 is 0 Å². The highest BCUT2D eigenvalue weighted by Gasteiger charge is 2.22. The summed E-state index contributed by atoms with van der Waals surface area (Å²) in [5, 5.41) is 0. The van der Waals surface area contributed by atoms with Gasteiger partial charge in [-0.1, -0.05) is 0 Å². The van der Waals surface area contributed by atoms with E-state index in [0.717, 1.165) is 0 Å². The molecular formula is C15H20N2O5. The number of rotatable bonds is 5. The summed E-state index contributed by atoms with van der Waals surface area (Å²) in [6.45, 7) is 5.32. The Bertz CT molecular complexity index is 580. The molecule has 1 heterocycles. The van der Waals surface area contributed by atoms with Gasteiger partial charge in [0.05, 0.1) is 6.54 Å². The molecule has 0 fully saturated rings. The largest absolute Gasteiger partial charge is 0.459 e. The lowest BCUT2D eigenvalue weighted by Gasteiger charge is -2.25. The summed E-state index contributed by atoms with van der Waals surface area (Å²) in [5.74, 6) is 0.212. The maximum Gasteiger partial charge on any atom is 0.326 e. The van der Waals surface area contributed by atoms with Gasteiger partial charge in [-0.05, 0) is 32.9 Å². The maximum absolute atomic E-state index is 12.0. The predicted molar refractivity (Wildman–Crippen MR) is 79.8 cm³/mol. The third kappa shape index (κ3) is 4.28. The van der Waals surface area contributed by atoms with Crippen LogP contribution >= 0.6 is 0 Å². The van der Waals surface area contributed by atoms with Crippen molar-refractivity contribution in [2.24, 2.45) is 5.73 Å². The predicted octanol–water partition coefficient (Wildman–Crippen LogP) is 1.05. The van der Waals surface area contributed by atoms with Crippen LogP contribution in [0.2, 0.25) is 0 Å². The van der Waals surface area contributed by atoms with Crippen molar-refractivity contribution >= 4 is 17.6 Å². The molecule has 0 radical (unpaired) electrons. The molecule has 0 atom stereocenters. The molecule has 0 saturated carbocycles. The van der Waals surface area contributed by atoms with Crippen molar-refractivity contribution < 1.29 is 23.8 Å². The van der Waals surface area contributed by atoms with Gasteiger partial charge in [-0.15, -0.1) is 0 Å². The number of esters is 1. The first-order valence-corrected chi connectivity index (χ1v) is 6.89. The Kier molecular flexibility index (Phi) is 4.44. The van der Waals surface area contributed by atoms with Gasteiger partial charge >= 0.3 is 5.97 Å². The number of primary amides is 1. The molecule has 0 spiro atoms. The normalized spacial score (nSPS) is 12.9. The lowest BCUT2D eigenvalue weighted by atomic mass is 10.2. The van der Waals surface area contributed by atoms with Gasteiger partial charge < -0.3 is 24.8 Å². The van der Waals surface area contributed by atoms with Crippen molar-refractivity contribution in [2.75, 3.05) is 24.8 Å². The fraction of sp³-hybridized carbons (Fsp3) is 0.467. The van der Waals surface area contributed by atoms with Crippen molar-refractivity contribution in [2.45, 2.75) is 26.4 Å². The molecule has 1 aliphatic heterocycles. The Morgan fingerprint density at radius 2 is 1.91 bits per heavy atom. The van der Waals surface area contributed by atoms with Crippen LogP contribution in [0, 0.1) is 0 Å². The molecule has 120 valence electrons. The van der Waals surface area contributed by atoms with Gasteiger partial charge in [0.15, 0.2) is 11.5 Å². The Morgan fingerprint density at radius 1 is 1.23 bits per heavy atom. The highest BCUT2D eigenvalue weighted by molar-refractivity contribution is 5.83. The van der Waals surface area contributed by atoms with Crippen LogP contribution in [0.25, 0.3) is 0 Å². The Hall–Kier alpha value is -2.44. The number of nitrogens with zero attached hydrogens (tertiary/aromatic N) is 1. The highest BCUT2D eigenvalue weighted by atomic mass is 16.7. The summed E-state index contributed by atoms with van der Waals surface area (Å²) < 4.78 is 15.8. The molecule has 1 aromatic carbocycles. The molecule has 0 bridgehead atoms. The molecule has 1 amide bonds. The Balaban J connectivity index is 2.15. The monoisotopic (exact) mass is 308 g/mol. The van der Waals surface area contributed by atoms with Gasteiger partial charge in [0, 0.05) is 11.8 Å². The van der Waals surface area contributed by atoms with Gasteiger partial charge in [0.1, 0.15) is 12.1 Å². The fourth-order valence-corrected chi connectivity index (χ4v) is 2.04. The Labute approximate surface area is 128 Å². The average molecular weight is 308 g/mol. The number of nitrogens with two attached hydrogens (primary N) is 1. The van der Waals surface area contributed by atoms with Crippen LogP contribution in [-0.2, 0) is 14.3 Å². The van der Waals surface area contributed by atoms with Gasteiger partial charge in [-0.25, -0.2) is 0 Å². The zero-order valence-corrected chi connectivity index (χ0v) is 12.9. The summed E-state index contributed by atoms with van der Waals surface area (Å²) in [6, 6.07) is 5.16. The molecular weight excluding hydrogens is 288 g/mol. The molecule has 0 unspecified atom stereocenters. The first-order valence-electron chi connectivity index (χ1n) is 6.89. The first-order chi connectivity index (χ1) is 10.2. The average Bonchev–Trinajstić information content (AvgIpc) is 2.81. The van der Waals surface area contributed by atoms with Gasteiger partial charge in [0.2, 0.25) is 12.7 Å². The zero-order chi connectivity index (χ0) is 16.3. The number of carbonyl (C=O) groups excluding carboxylic acids is 2. The molecule has 0 aromatic heterocycles. The van der Waals surface area contributed by atoms with Crippen LogP contribution in [0.3, 0.4) is 0 Å². The number of hydrogen-bond donors (Lipinski definition) is 1. The van der Waals surface area contributed by atoms with Gasteiger partial charge in [-0.3, -0.25) is 9.59 Å². The zero-order valence-electron chi connectivity index (χ0n) is 12.9. The van der Waals surface area contributed by atoms with E-state index in [9.17, 15) is 9.59 Å². The standard InChI is InChI=1S/C15H20N2O5/c1-15(2,3)22-14(19)8-17(7-13(16)18)10-4-5-11-12(6-10)21-9-20-11/h4-6H,7-9H2,1-3H3,(H2,16,18). The molecule has 7 heteroatoms. The summed E-state index contributed by atoms with van der Waals surface area (Å²) in [7, 11) is 0. The molecule has 1 aliphatic rings. The van der Waals surface area contributed by atoms with E-state index < -0.39 is 17.5 Å². The second-order valence-electron chi connectivity index (χ2n) is 5.95. The minimum absolute atomic E-state index is 0.0835. The second kappa shape index (κ2) is 6.13. The van der Waals surface area contributed by atoms with Crippen LogP contribution in [0.1, 0.15) is 20.8 Å². The molecule has 2 N–H and O–H groups in total. The van der Waals surface area contributed by atoms with E-state index in [-0.39, 0.29) is 19.9 Å². The summed E-state index contributed by atoms with van der Waals surface area (Å²) in [4.78, 5) is 24.8. The molecule has 22 heavy (non-hydrogen) atoms. The number of hydrogen-bond acceptors (Lipinski definition) is 6. The quantitative estimate of drug-likeness (QED) is 0.818. The first kappa shape index (κ1) is 15.9. The SMILES string of the molecule is CC(C)(C)OC(=O)CN(CC(N)=O)c1ccc2c(c1)OCO2. The number of benzene rings is 1. The molecule has 0 aliphatic carbocycles. The highest BCUT2D eigenvalue weighted by Crippen LogP contribution is 2.35. The summed E-state index contributed by atoms with van der Waals surface area (Å²) in [5.41, 5.74) is 5.30. The third-order valence-corrected chi connectivity index (χ3v) is 2.81. The van der Waals surface area contributed by atoms with E-state index in [0.29, 0.717) is 17.2 Å². The van der Waals surface area contributed by atoms with Crippen LogP contribution in [0.15, 0.2) is 18.2 Å². The topological polar surface area (TPSA) is 91.1 Å². The van der Waals surface area contributed by atoms with Crippen molar-refractivity contribution in [3.8, 4) is 11.5 Å². The van der Waals surface area contributed by atoms with E-state index in [4.69, 9.17) is 19.9 Å². The maximum atomic E-state index is 12.0. The lowest BCUT2D eigenvalue weighted by Crippen LogP contribution is -2.39. The lowest BCUT2D eigenvalue weighted by molar-refractivity contribution is -0.152. The van der Waals surface area contributed by atoms with Gasteiger partial charge in [-0.2, -0.15) is 0 Å². The van der Waals surface area contributed by atoms with Crippen molar-refractivity contribution in [3.63, 3.8) is 0 Å². The third-order valence-electron chi connectivity index (χ3n) is 2.81. The fourth-order valence-electron chi connectivity index (χ4n) is 2.04. The van der Waals surface area contributed by atoms with Crippen LogP contribution < -0.4 is 20.1 Å². The number of anilines is 1. The summed E-state index contributed by atoms with van der Waals surface area (Å²) >= 11 is 0. The van der Waals surface area contributed by atoms with E-state index in [1.54, 1.807) is 43.9 Å². The van der Waals surface area contributed by atoms with E-state index in [1.807, 2.05) is 0 Å². The number of amides is 1. The minimum atomic E-state index is -0.593. The van der Waals surface area contributed by atoms with Gasteiger partial charge in [0.25, 0.3) is 0 Å². The number of ether oxygens (including phenoxy) is 3. The second-order valence-corrected chi connectivity index (χ2v) is 5.95. The van der Waals surface area contributed by atoms with Crippen molar-refractivity contribution in [1.29, 1.82) is 0 Å². The molecule has 7 nitrogen and oxygen atoms in total. The van der Waals surface area contributed by atoms with E-state index in [2.05, 4.69) is 0 Å². The number of carbonyl (C=O) groups is 2. The molecule has 0 saturated heterocycles. The van der Waals surface area contributed by atoms with Crippen molar-refractivity contribution in [1.82, 2.24) is 0 Å². The number of fused-ring (bicyclic) bond motifs is 1. The Morgan fingerprint density at radius 3 is 2.55 bits per heavy atom. The molecule has 2 rings (SSSR count). The van der Waals surface area contributed by atoms with Crippen LogP contribution in [0.5, 0.6) is 11.5 Å². The van der Waals surface area contributed by atoms with E-state index in [1.165, 1.54) is 0 Å².